The zero-order valence-corrected chi connectivity index (χ0v) is 9.68. The lowest BCUT2D eigenvalue weighted by atomic mass is 10.2. The average molecular weight is 246 g/mol. The topological polar surface area (TPSA) is 46.2 Å². The first-order valence-electron chi connectivity index (χ1n) is 4.79. The molecule has 1 aromatic carbocycles. The van der Waals surface area contributed by atoms with Gasteiger partial charge in [-0.1, -0.05) is 18.2 Å². The van der Waals surface area contributed by atoms with Crippen LogP contribution in [0.15, 0.2) is 29.2 Å². The lowest BCUT2D eigenvalue weighted by molar-refractivity contribution is 0.580. The molecule has 1 aliphatic carbocycles. The third-order valence-electron chi connectivity index (χ3n) is 2.31. The van der Waals surface area contributed by atoms with Gasteiger partial charge in [-0.15, -0.1) is 11.6 Å². The highest BCUT2D eigenvalue weighted by molar-refractivity contribution is 7.89. The van der Waals surface area contributed by atoms with Gasteiger partial charge >= 0.3 is 0 Å². The summed E-state index contributed by atoms with van der Waals surface area (Å²) in [4.78, 5) is 0.298. The molecule has 1 fully saturated rings. The molecule has 82 valence electrons. The molecule has 0 aromatic heterocycles. The first-order valence-corrected chi connectivity index (χ1v) is 6.81. The number of alkyl halides is 1. The second-order valence-corrected chi connectivity index (χ2v) is 5.59. The number of halogens is 1. The molecular formula is C10H12ClNO2S. The summed E-state index contributed by atoms with van der Waals surface area (Å²) in [6, 6.07) is 6.93. The van der Waals surface area contributed by atoms with Crippen molar-refractivity contribution >= 4 is 21.6 Å². The van der Waals surface area contributed by atoms with E-state index in [2.05, 4.69) is 4.72 Å². The Bertz CT molecular complexity index is 454. The van der Waals surface area contributed by atoms with E-state index in [1.165, 1.54) is 0 Å². The van der Waals surface area contributed by atoms with E-state index in [1.54, 1.807) is 24.3 Å². The number of rotatable bonds is 4. The molecule has 0 saturated heterocycles. The van der Waals surface area contributed by atoms with Crippen molar-refractivity contribution in [1.29, 1.82) is 0 Å². The normalized spacial score (nSPS) is 16.6. The molecule has 0 unspecified atom stereocenters. The fourth-order valence-corrected chi connectivity index (χ4v) is 3.22. The Hall–Kier alpha value is -0.580. The fourth-order valence-electron chi connectivity index (χ4n) is 1.36. The number of benzene rings is 1. The van der Waals surface area contributed by atoms with Crippen LogP contribution in [0.2, 0.25) is 0 Å². The van der Waals surface area contributed by atoms with Crippen LogP contribution in [0.5, 0.6) is 0 Å². The van der Waals surface area contributed by atoms with E-state index in [0.717, 1.165) is 12.8 Å². The maximum Gasteiger partial charge on any atom is 0.241 e. The Kier molecular flexibility index (Phi) is 3.00. The van der Waals surface area contributed by atoms with Crippen LogP contribution in [-0.2, 0) is 15.9 Å². The predicted molar refractivity (Wildman–Crippen MR) is 59.3 cm³/mol. The summed E-state index contributed by atoms with van der Waals surface area (Å²) in [5, 5.41) is 0. The van der Waals surface area contributed by atoms with Gasteiger partial charge in [0.15, 0.2) is 0 Å². The van der Waals surface area contributed by atoms with Gasteiger partial charge in [0.25, 0.3) is 0 Å². The third kappa shape index (κ3) is 2.51. The number of nitrogens with one attached hydrogen (secondary N) is 1. The molecule has 0 heterocycles. The van der Waals surface area contributed by atoms with Gasteiger partial charge in [0.05, 0.1) is 4.90 Å². The smallest absolute Gasteiger partial charge is 0.208 e. The van der Waals surface area contributed by atoms with Gasteiger partial charge in [-0.3, -0.25) is 0 Å². The number of hydrogen-bond donors (Lipinski definition) is 1. The quantitative estimate of drug-likeness (QED) is 0.824. The zero-order chi connectivity index (χ0) is 10.9. The molecule has 3 nitrogen and oxygen atoms in total. The van der Waals surface area contributed by atoms with Crippen molar-refractivity contribution in [3.63, 3.8) is 0 Å². The van der Waals surface area contributed by atoms with Crippen molar-refractivity contribution in [3.05, 3.63) is 29.8 Å². The van der Waals surface area contributed by atoms with Crippen LogP contribution in [0.3, 0.4) is 0 Å². The molecule has 15 heavy (non-hydrogen) atoms. The first kappa shape index (κ1) is 10.9. The van der Waals surface area contributed by atoms with Crippen LogP contribution in [0, 0.1) is 0 Å². The number of sulfonamides is 1. The maximum absolute atomic E-state index is 11.9. The molecular weight excluding hydrogens is 234 g/mol. The van der Waals surface area contributed by atoms with Crippen molar-refractivity contribution in [1.82, 2.24) is 4.72 Å². The van der Waals surface area contributed by atoms with Gasteiger partial charge in [0, 0.05) is 11.9 Å². The molecule has 1 aliphatic rings. The minimum Gasteiger partial charge on any atom is -0.208 e. The summed E-state index contributed by atoms with van der Waals surface area (Å²) >= 11 is 5.70. The van der Waals surface area contributed by atoms with Crippen molar-refractivity contribution in [2.24, 2.45) is 0 Å². The summed E-state index contributed by atoms with van der Waals surface area (Å²) in [6.45, 7) is 0. The minimum atomic E-state index is -3.37. The Morgan fingerprint density at radius 3 is 2.60 bits per heavy atom. The standard InChI is InChI=1S/C10H12ClNO2S/c11-7-8-3-1-2-4-10(8)15(13,14)12-9-5-6-9/h1-4,9,12H,5-7H2. The third-order valence-corrected chi connectivity index (χ3v) is 4.21. The van der Waals surface area contributed by atoms with Crippen molar-refractivity contribution < 1.29 is 8.42 Å². The first-order chi connectivity index (χ1) is 7.13. The minimum absolute atomic E-state index is 0.124. The predicted octanol–water partition coefficient (Wildman–Crippen LogP) is 1.87. The van der Waals surface area contributed by atoms with Crippen molar-refractivity contribution in [2.45, 2.75) is 29.7 Å². The van der Waals surface area contributed by atoms with Gasteiger partial charge in [-0.2, -0.15) is 0 Å². The monoisotopic (exact) mass is 245 g/mol. The van der Waals surface area contributed by atoms with E-state index in [0.29, 0.717) is 10.5 Å². The molecule has 0 amide bonds. The average Bonchev–Trinajstić information content (AvgIpc) is 3.01. The molecule has 1 N–H and O–H groups in total. The van der Waals surface area contributed by atoms with E-state index >= 15 is 0 Å². The van der Waals surface area contributed by atoms with Crippen LogP contribution in [0.25, 0.3) is 0 Å². The molecule has 1 aromatic rings. The molecule has 0 aliphatic heterocycles. The van der Waals surface area contributed by atoms with Gasteiger partial charge in [-0.05, 0) is 24.5 Å². The van der Waals surface area contributed by atoms with E-state index in [1.807, 2.05) is 0 Å². The lowest BCUT2D eigenvalue weighted by Crippen LogP contribution is -2.26. The summed E-state index contributed by atoms with van der Waals surface area (Å²) < 4.78 is 26.4. The van der Waals surface area contributed by atoms with E-state index in [4.69, 9.17) is 11.6 Å². The van der Waals surface area contributed by atoms with E-state index < -0.39 is 10.0 Å². The molecule has 2 rings (SSSR count). The van der Waals surface area contributed by atoms with Crippen LogP contribution < -0.4 is 4.72 Å². The molecule has 5 heteroatoms. The summed E-state index contributed by atoms with van der Waals surface area (Å²) in [6.07, 6.45) is 1.87. The van der Waals surface area contributed by atoms with E-state index in [-0.39, 0.29) is 11.9 Å². The van der Waals surface area contributed by atoms with Gasteiger partial charge in [-0.25, -0.2) is 13.1 Å². The van der Waals surface area contributed by atoms with Crippen LogP contribution in [0.4, 0.5) is 0 Å². The second-order valence-electron chi connectivity index (χ2n) is 3.64. The molecule has 0 spiro atoms. The maximum atomic E-state index is 11.9. The van der Waals surface area contributed by atoms with E-state index in [9.17, 15) is 8.42 Å². The highest BCUT2D eigenvalue weighted by Gasteiger charge is 2.28. The van der Waals surface area contributed by atoms with Crippen LogP contribution in [0.1, 0.15) is 18.4 Å². The van der Waals surface area contributed by atoms with Crippen LogP contribution >= 0.6 is 11.6 Å². The summed E-state index contributed by atoms with van der Waals surface area (Å²) in [5.74, 6) is 0.210. The van der Waals surface area contributed by atoms with Gasteiger partial charge < -0.3 is 0 Å². The van der Waals surface area contributed by atoms with Crippen molar-refractivity contribution in [2.75, 3.05) is 0 Å². The van der Waals surface area contributed by atoms with Gasteiger partial charge in [0.1, 0.15) is 0 Å². The molecule has 0 radical (unpaired) electrons. The Morgan fingerprint density at radius 1 is 1.33 bits per heavy atom. The SMILES string of the molecule is O=S(=O)(NC1CC1)c1ccccc1CCl. The lowest BCUT2D eigenvalue weighted by Gasteiger charge is -2.08. The molecule has 1 saturated carbocycles. The number of hydrogen-bond acceptors (Lipinski definition) is 2. The Morgan fingerprint density at radius 2 is 2.00 bits per heavy atom. The second kappa shape index (κ2) is 4.12. The Balaban J connectivity index is 2.34. The van der Waals surface area contributed by atoms with Crippen LogP contribution in [-0.4, -0.2) is 14.5 Å². The summed E-state index contributed by atoms with van der Waals surface area (Å²) in [7, 11) is -3.37. The molecule has 0 bridgehead atoms. The fraction of sp³-hybridized carbons (Fsp3) is 0.400. The van der Waals surface area contributed by atoms with Gasteiger partial charge in [0.2, 0.25) is 10.0 Å². The zero-order valence-electron chi connectivity index (χ0n) is 8.11. The highest BCUT2D eigenvalue weighted by atomic mass is 35.5. The Labute approximate surface area is 94.5 Å². The summed E-state index contributed by atoms with van der Waals surface area (Å²) in [5.41, 5.74) is 0.646. The largest absolute Gasteiger partial charge is 0.241 e. The molecule has 0 atom stereocenters. The highest BCUT2D eigenvalue weighted by Crippen LogP contribution is 2.24. The van der Waals surface area contributed by atoms with Crippen molar-refractivity contribution in [3.8, 4) is 0 Å².